The number of carbonyl (C=O) groups is 1. The molecule has 1 aromatic carbocycles. The van der Waals surface area contributed by atoms with Crippen molar-refractivity contribution in [3.05, 3.63) is 53.9 Å². The summed E-state index contributed by atoms with van der Waals surface area (Å²) in [6, 6.07) is 11.7. The minimum atomic E-state index is -0.452. The largest absolute Gasteiger partial charge is 0.496 e. The van der Waals surface area contributed by atoms with Crippen molar-refractivity contribution in [2.24, 2.45) is 11.3 Å². The van der Waals surface area contributed by atoms with E-state index in [4.69, 9.17) is 9.47 Å². The van der Waals surface area contributed by atoms with Crippen molar-refractivity contribution >= 4 is 5.91 Å². The molecule has 2 unspecified atom stereocenters. The second-order valence-corrected chi connectivity index (χ2v) is 9.23. The Kier molecular flexibility index (Phi) is 7.55. The summed E-state index contributed by atoms with van der Waals surface area (Å²) in [6.07, 6.45) is 3.91. The number of carbonyl (C=O) groups excluding carboxylic acids is 1. The smallest absolute Gasteiger partial charge is 0.225 e. The number of benzene rings is 1. The van der Waals surface area contributed by atoms with Gasteiger partial charge < -0.3 is 14.8 Å². The second kappa shape index (κ2) is 10.1. The van der Waals surface area contributed by atoms with E-state index in [1.54, 1.807) is 20.4 Å². The lowest BCUT2D eigenvalue weighted by atomic mass is 9.86. The summed E-state index contributed by atoms with van der Waals surface area (Å²) in [5.74, 6) is 2.00. The molecule has 1 saturated heterocycles. The van der Waals surface area contributed by atoms with Gasteiger partial charge >= 0.3 is 0 Å². The molecular weight excluding hydrogens is 390 g/mol. The number of pyridine rings is 1. The number of nitrogens with zero attached hydrogens (tertiary/aromatic N) is 2. The van der Waals surface area contributed by atoms with Gasteiger partial charge in [0, 0.05) is 24.7 Å². The fraction of sp³-hybridized carbons (Fsp3) is 0.520. The van der Waals surface area contributed by atoms with Crippen LogP contribution >= 0.6 is 0 Å². The summed E-state index contributed by atoms with van der Waals surface area (Å²) < 4.78 is 11.2. The molecule has 3 rings (SSSR count). The molecule has 2 atom stereocenters. The Balaban J connectivity index is 1.82. The van der Waals surface area contributed by atoms with Gasteiger partial charge in [0.25, 0.3) is 0 Å². The van der Waals surface area contributed by atoms with E-state index >= 15 is 0 Å². The first-order valence-corrected chi connectivity index (χ1v) is 11.0. The zero-order chi connectivity index (χ0) is 22.4. The number of amides is 1. The molecule has 2 heterocycles. The summed E-state index contributed by atoms with van der Waals surface area (Å²) in [5, 5.41) is 3.30. The lowest BCUT2D eigenvalue weighted by Gasteiger charge is -2.38. The average molecular weight is 426 g/mol. The molecule has 6 nitrogen and oxygen atoms in total. The minimum Gasteiger partial charge on any atom is -0.496 e. The van der Waals surface area contributed by atoms with Crippen molar-refractivity contribution in [2.45, 2.75) is 46.2 Å². The van der Waals surface area contributed by atoms with Crippen molar-refractivity contribution in [2.75, 3.05) is 27.3 Å². The van der Waals surface area contributed by atoms with Crippen LogP contribution in [0.5, 0.6) is 11.5 Å². The van der Waals surface area contributed by atoms with Gasteiger partial charge in [-0.05, 0) is 49.6 Å². The van der Waals surface area contributed by atoms with Crippen LogP contribution in [0.4, 0.5) is 0 Å². The first-order valence-electron chi connectivity index (χ1n) is 11.0. The molecule has 1 aromatic heterocycles. The van der Waals surface area contributed by atoms with E-state index in [1.807, 2.05) is 57.2 Å². The standard InChI is InChI=1S/C25H35N3O3/c1-25(2,3)24(29)27-23(20-11-6-7-14-26-20)18-10-9-15-28(16-18)17-19-21(30-4)12-8-13-22(19)31-5/h6-8,11-14,18,23H,9-10,15-17H2,1-5H3,(H,27,29). The highest BCUT2D eigenvalue weighted by molar-refractivity contribution is 5.81. The molecule has 1 fully saturated rings. The van der Waals surface area contributed by atoms with Gasteiger partial charge in [-0.1, -0.05) is 32.9 Å². The lowest BCUT2D eigenvalue weighted by Crippen LogP contribution is -2.45. The average Bonchev–Trinajstić information content (AvgIpc) is 2.77. The Morgan fingerprint density at radius 3 is 2.45 bits per heavy atom. The maximum absolute atomic E-state index is 12.8. The van der Waals surface area contributed by atoms with E-state index in [1.165, 1.54) is 0 Å². The molecule has 2 aromatic rings. The fourth-order valence-corrected chi connectivity index (χ4v) is 4.17. The molecule has 31 heavy (non-hydrogen) atoms. The third kappa shape index (κ3) is 5.76. The monoisotopic (exact) mass is 425 g/mol. The van der Waals surface area contributed by atoms with Gasteiger partial charge in [-0.25, -0.2) is 0 Å². The molecular formula is C25H35N3O3. The Morgan fingerprint density at radius 1 is 1.16 bits per heavy atom. The van der Waals surface area contributed by atoms with Crippen LogP contribution in [-0.2, 0) is 11.3 Å². The summed E-state index contributed by atoms with van der Waals surface area (Å²) in [4.78, 5) is 19.8. The van der Waals surface area contributed by atoms with Crippen LogP contribution in [0.3, 0.4) is 0 Å². The highest BCUT2D eigenvalue weighted by Crippen LogP contribution is 2.34. The number of aromatic nitrogens is 1. The normalized spacial score (nSPS) is 18.3. The number of piperidine rings is 1. The summed E-state index contributed by atoms with van der Waals surface area (Å²) >= 11 is 0. The number of nitrogens with one attached hydrogen (secondary N) is 1. The number of ether oxygens (including phenoxy) is 2. The molecule has 0 aliphatic carbocycles. The van der Waals surface area contributed by atoms with Crippen molar-refractivity contribution in [3.63, 3.8) is 0 Å². The van der Waals surface area contributed by atoms with Gasteiger partial charge in [0.05, 0.1) is 31.5 Å². The first-order chi connectivity index (χ1) is 14.8. The van der Waals surface area contributed by atoms with Crippen LogP contribution < -0.4 is 14.8 Å². The molecule has 0 radical (unpaired) electrons. The molecule has 1 aliphatic rings. The minimum absolute atomic E-state index is 0.0478. The van der Waals surface area contributed by atoms with E-state index in [2.05, 4.69) is 15.2 Å². The maximum Gasteiger partial charge on any atom is 0.225 e. The highest BCUT2D eigenvalue weighted by atomic mass is 16.5. The Bertz CT molecular complexity index is 842. The van der Waals surface area contributed by atoms with Gasteiger partial charge in [-0.2, -0.15) is 0 Å². The predicted molar refractivity (Wildman–Crippen MR) is 122 cm³/mol. The van der Waals surface area contributed by atoms with E-state index < -0.39 is 5.41 Å². The summed E-state index contributed by atoms with van der Waals surface area (Å²) in [6.45, 7) is 8.44. The van der Waals surface area contributed by atoms with E-state index in [0.717, 1.165) is 55.2 Å². The van der Waals surface area contributed by atoms with E-state index in [9.17, 15) is 4.79 Å². The lowest BCUT2D eigenvalue weighted by molar-refractivity contribution is -0.130. The van der Waals surface area contributed by atoms with E-state index in [-0.39, 0.29) is 17.9 Å². The number of rotatable bonds is 7. The predicted octanol–water partition coefficient (Wildman–Crippen LogP) is 4.21. The Hall–Kier alpha value is -2.60. The van der Waals surface area contributed by atoms with Gasteiger partial charge in [0.1, 0.15) is 11.5 Å². The van der Waals surface area contributed by atoms with E-state index in [0.29, 0.717) is 0 Å². The summed E-state index contributed by atoms with van der Waals surface area (Å²) in [7, 11) is 3.38. The quantitative estimate of drug-likeness (QED) is 0.720. The Morgan fingerprint density at radius 2 is 1.87 bits per heavy atom. The van der Waals surface area contributed by atoms with Crippen LogP contribution in [0.2, 0.25) is 0 Å². The number of hydrogen-bond donors (Lipinski definition) is 1. The van der Waals surface area contributed by atoms with Crippen LogP contribution in [0.1, 0.15) is 50.9 Å². The van der Waals surface area contributed by atoms with Gasteiger partial charge in [-0.3, -0.25) is 14.7 Å². The van der Waals surface area contributed by atoms with Crippen molar-refractivity contribution in [1.29, 1.82) is 0 Å². The first kappa shape index (κ1) is 23.1. The van der Waals surface area contributed by atoms with Crippen LogP contribution in [-0.4, -0.2) is 43.1 Å². The second-order valence-electron chi connectivity index (χ2n) is 9.23. The number of hydrogen-bond acceptors (Lipinski definition) is 5. The third-order valence-corrected chi connectivity index (χ3v) is 5.90. The van der Waals surface area contributed by atoms with Crippen LogP contribution in [0.15, 0.2) is 42.6 Å². The SMILES string of the molecule is COc1cccc(OC)c1CN1CCCC(C(NC(=O)C(C)(C)C)c2ccccn2)C1. The maximum atomic E-state index is 12.8. The molecule has 1 amide bonds. The van der Waals surface area contributed by atoms with Gasteiger partial charge in [-0.15, -0.1) is 0 Å². The van der Waals surface area contributed by atoms with Crippen molar-refractivity contribution in [1.82, 2.24) is 15.2 Å². The van der Waals surface area contributed by atoms with Crippen LogP contribution in [0.25, 0.3) is 0 Å². The Labute approximate surface area is 186 Å². The third-order valence-electron chi connectivity index (χ3n) is 5.90. The fourth-order valence-electron chi connectivity index (χ4n) is 4.17. The molecule has 6 heteroatoms. The molecule has 1 N–H and O–H groups in total. The zero-order valence-corrected chi connectivity index (χ0v) is 19.4. The number of methoxy groups -OCH3 is 2. The topological polar surface area (TPSA) is 63.7 Å². The van der Waals surface area contributed by atoms with Crippen LogP contribution in [0, 0.1) is 11.3 Å². The molecule has 0 spiro atoms. The van der Waals surface area contributed by atoms with Gasteiger partial charge in [0.2, 0.25) is 5.91 Å². The molecule has 0 bridgehead atoms. The van der Waals surface area contributed by atoms with Crippen molar-refractivity contribution in [3.8, 4) is 11.5 Å². The molecule has 0 saturated carbocycles. The summed E-state index contributed by atoms with van der Waals surface area (Å²) in [5.41, 5.74) is 1.52. The molecule has 168 valence electrons. The highest BCUT2D eigenvalue weighted by Gasteiger charge is 2.33. The van der Waals surface area contributed by atoms with Crippen molar-refractivity contribution < 1.29 is 14.3 Å². The molecule has 1 aliphatic heterocycles. The zero-order valence-electron chi connectivity index (χ0n) is 19.4. The van der Waals surface area contributed by atoms with Gasteiger partial charge in [0.15, 0.2) is 0 Å². The number of likely N-dealkylation sites (tertiary alicyclic amines) is 1.